The van der Waals surface area contributed by atoms with Crippen LogP contribution in [-0.2, 0) is 6.18 Å². The summed E-state index contributed by atoms with van der Waals surface area (Å²) in [7, 11) is 0. The Morgan fingerprint density at radius 2 is 1.95 bits per heavy atom. The highest BCUT2D eigenvalue weighted by Gasteiger charge is 2.35. The van der Waals surface area contributed by atoms with Crippen molar-refractivity contribution in [2.24, 2.45) is 0 Å². The Kier molecular flexibility index (Phi) is 2.86. The molecule has 0 saturated heterocycles. The van der Waals surface area contributed by atoms with E-state index in [0.29, 0.717) is 11.3 Å². The molecule has 0 fully saturated rings. The van der Waals surface area contributed by atoms with E-state index in [1.807, 2.05) is 0 Å². The van der Waals surface area contributed by atoms with E-state index < -0.39 is 12.0 Å². The maximum absolute atomic E-state index is 12.7. The average Bonchev–Trinajstić information content (AvgIpc) is 2.84. The van der Waals surface area contributed by atoms with Gasteiger partial charge in [-0.1, -0.05) is 17.7 Å². The minimum atomic E-state index is -4.65. The molecule has 0 amide bonds. The molecule has 0 unspecified atom stereocenters. The Morgan fingerprint density at radius 1 is 1.15 bits per heavy atom. The largest absolute Gasteiger partial charge is 0.451 e. The smallest absolute Gasteiger partial charge is 0.298 e. The molecular weight excluding hydrogens is 293 g/mol. The fourth-order valence-electron chi connectivity index (χ4n) is 1.83. The second-order valence-electron chi connectivity index (χ2n) is 3.96. The van der Waals surface area contributed by atoms with E-state index in [1.54, 1.807) is 35.0 Å². The molecule has 0 aromatic carbocycles. The Morgan fingerprint density at radius 3 is 2.70 bits per heavy atom. The number of halogens is 4. The lowest BCUT2D eigenvalue weighted by Crippen LogP contribution is -2.12. The first-order valence-electron chi connectivity index (χ1n) is 5.49. The molecule has 3 aromatic heterocycles. The van der Waals surface area contributed by atoms with Crippen LogP contribution < -0.4 is 0 Å². The van der Waals surface area contributed by atoms with E-state index in [-0.39, 0.29) is 10.8 Å². The predicted molar refractivity (Wildman–Crippen MR) is 66.2 cm³/mol. The number of nitrogens with zero attached hydrogens (tertiary/aromatic N) is 4. The maximum Gasteiger partial charge on any atom is 0.451 e. The van der Waals surface area contributed by atoms with Gasteiger partial charge >= 0.3 is 6.18 Å². The van der Waals surface area contributed by atoms with Crippen molar-refractivity contribution in [3.63, 3.8) is 0 Å². The third-order valence-electron chi connectivity index (χ3n) is 2.64. The zero-order valence-corrected chi connectivity index (χ0v) is 10.5. The van der Waals surface area contributed by atoms with Crippen molar-refractivity contribution in [2.75, 3.05) is 0 Å². The lowest BCUT2D eigenvalue weighted by molar-refractivity contribution is -0.144. The number of aromatic nitrogens is 4. The number of rotatable bonds is 1. The molecule has 0 aliphatic rings. The Labute approximate surface area is 115 Å². The van der Waals surface area contributed by atoms with E-state index in [0.717, 1.165) is 0 Å². The van der Waals surface area contributed by atoms with Gasteiger partial charge in [-0.2, -0.15) is 13.2 Å². The molecule has 0 atom stereocenters. The molecule has 102 valence electrons. The highest BCUT2D eigenvalue weighted by Crippen LogP contribution is 2.29. The van der Waals surface area contributed by atoms with Crippen LogP contribution in [0.15, 0.2) is 36.7 Å². The van der Waals surface area contributed by atoms with Crippen LogP contribution in [0.2, 0.25) is 5.15 Å². The first-order valence-corrected chi connectivity index (χ1v) is 5.87. The normalized spacial score (nSPS) is 12.0. The van der Waals surface area contributed by atoms with E-state index in [4.69, 9.17) is 11.6 Å². The molecule has 0 N–H and O–H groups in total. The first kappa shape index (κ1) is 12.9. The monoisotopic (exact) mass is 298 g/mol. The second kappa shape index (κ2) is 4.45. The van der Waals surface area contributed by atoms with Crippen molar-refractivity contribution in [1.82, 2.24) is 19.4 Å². The summed E-state index contributed by atoms with van der Waals surface area (Å²) < 4.78 is 39.8. The van der Waals surface area contributed by atoms with Crippen LogP contribution in [0.3, 0.4) is 0 Å². The lowest BCUT2D eigenvalue weighted by atomic mass is 10.2. The molecule has 0 saturated carbocycles. The third-order valence-corrected chi connectivity index (χ3v) is 2.83. The molecule has 0 aliphatic heterocycles. The zero-order chi connectivity index (χ0) is 14.3. The molecule has 0 spiro atoms. The summed E-state index contributed by atoms with van der Waals surface area (Å²) in [6.45, 7) is 0. The van der Waals surface area contributed by atoms with Gasteiger partial charge in [-0.3, -0.25) is 4.40 Å². The average molecular weight is 299 g/mol. The highest BCUT2D eigenvalue weighted by atomic mass is 35.5. The number of alkyl halides is 3. The SMILES string of the molecule is FC(F)(F)c1nc(Cl)cc(-c2cccc3nccn23)n1. The van der Waals surface area contributed by atoms with Gasteiger partial charge in [0.05, 0.1) is 11.4 Å². The van der Waals surface area contributed by atoms with Gasteiger partial charge in [-0.05, 0) is 12.1 Å². The van der Waals surface area contributed by atoms with E-state index >= 15 is 0 Å². The van der Waals surface area contributed by atoms with E-state index in [9.17, 15) is 13.2 Å². The van der Waals surface area contributed by atoms with Crippen LogP contribution in [-0.4, -0.2) is 19.4 Å². The van der Waals surface area contributed by atoms with Crippen molar-refractivity contribution in [3.8, 4) is 11.4 Å². The van der Waals surface area contributed by atoms with Gasteiger partial charge in [0, 0.05) is 18.5 Å². The van der Waals surface area contributed by atoms with Crippen LogP contribution in [0.1, 0.15) is 5.82 Å². The van der Waals surface area contributed by atoms with Crippen molar-refractivity contribution < 1.29 is 13.2 Å². The number of hydrogen-bond acceptors (Lipinski definition) is 3. The van der Waals surface area contributed by atoms with Gasteiger partial charge in [-0.15, -0.1) is 0 Å². The van der Waals surface area contributed by atoms with Crippen molar-refractivity contribution in [2.45, 2.75) is 6.18 Å². The van der Waals surface area contributed by atoms with Crippen LogP contribution in [0.25, 0.3) is 17.0 Å². The Balaban J connectivity index is 2.24. The van der Waals surface area contributed by atoms with Gasteiger partial charge in [0.25, 0.3) is 0 Å². The standard InChI is InChI=1S/C12H6ClF3N4/c13-9-6-7(18-11(19-9)12(14,15)16)8-2-1-3-10-17-4-5-20(8)10/h1-6H. The van der Waals surface area contributed by atoms with Crippen LogP contribution >= 0.6 is 11.6 Å². The number of pyridine rings is 1. The fourth-order valence-corrected chi connectivity index (χ4v) is 2.02. The van der Waals surface area contributed by atoms with Crippen LogP contribution in [0.4, 0.5) is 13.2 Å². The van der Waals surface area contributed by atoms with E-state index in [1.165, 1.54) is 6.07 Å². The summed E-state index contributed by atoms with van der Waals surface area (Å²) in [6.07, 6.45) is -1.47. The second-order valence-corrected chi connectivity index (χ2v) is 4.35. The molecule has 0 aliphatic carbocycles. The van der Waals surface area contributed by atoms with Gasteiger partial charge in [0.15, 0.2) is 0 Å². The van der Waals surface area contributed by atoms with Gasteiger partial charge in [0.1, 0.15) is 10.8 Å². The fraction of sp³-hybridized carbons (Fsp3) is 0.0833. The van der Waals surface area contributed by atoms with Crippen molar-refractivity contribution >= 4 is 17.2 Å². The molecule has 8 heteroatoms. The van der Waals surface area contributed by atoms with Crippen LogP contribution in [0, 0.1) is 0 Å². The summed E-state index contributed by atoms with van der Waals surface area (Å²) in [5.74, 6) is -1.27. The summed E-state index contributed by atoms with van der Waals surface area (Å²) in [4.78, 5) is 10.8. The predicted octanol–water partition coefficient (Wildman–Crippen LogP) is 3.46. The highest BCUT2D eigenvalue weighted by molar-refractivity contribution is 6.29. The maximum atomic E-state index is 12.7. The molecule has 3 heterocycles. The van der Waals surface area contributed by atoms with Gasteiger partial charge < -0.3 is 0 Å². The minimum absolute atomic E-state index is 0.0842. The number of imidazole rings is 1. The first-order chi connectivity index (χ1) is 9.45. The summed E-state index contributed by atoms with van der Waals surface area (Å²) >= 11 is 5.66. The summed E-state index contributed by atoms with van der Waals surface area (Å²) in [5, 5.41) is -0.264. The molecule has 0 radical (unpaired) electrons. The van der Waals surface area contributed by atoms with Gasteiger partial charge in [-0.25, -0.2) is 15.0 Å². The molecule has 20 heavy (non-hydrogen) atoms. The number of fused-ring (bicyclic) bond motifs is 1. The Hall–Kier alpha value is -2.15. The lowest BCUT2D eigenvalue weighted by Gasteiger charge is -2.09. The Bertz CT molecular complexity index is 782. The van der Waals surface area contributed by atoms with Crippen LogP contribution in [0.5, 0.6) is 0 Å². The molecular formula is C12H6ClF3N4. The van der Waals surface area contributed by atoms with Crippen molar-refractivity contribution in [3.05, 3.63) is 47.6 Å². The minimum Gasteiger partial charge on any atom is -0.298 e. The number of hydrogen-bond donors (Lipinski definition) is 0. The third kappa shape index (κ3) is 2.20. The molecule has 4 nitrogen and oxygen atoms in total. The summed E-state index contributed by atoms with van der Waals surface area (Å²) in [5.41, 5.74) is 1.14. The molecule has 0 bridgehead atoms. The molecule has 3 aromatic rings. The van der Waals surface area contributed by atoms with Crippen molar-refractivity contribution in [1.29, 1.82) is 0 Å². The summed E-state index contributed by atoms with van der Waals surface area (Å²) in [6, 6.07) is 6.33. The van der Waals surface area contributed by atoms with Gasteiger partial charge in [0.2, 0.25) is 5.82 Å². The zero-order valence-electron chi connectivity index (χ0n) is 9.76. The quantitative estimate of drug-likeness (QED) is 0.646. The van der Waals surface area contributed by atoms with E-state index in [2.05, 4.69) is 15.0 Å². The molecule has 3 rings (SSSR count). The topological polar surface area (TPSA) is 43.1 Å².